The quantitative estimate of drug-likeness (QED) is 0.531. The minimum Gasteiger partial charge on any atom is -0.293 e. The second kappa shape index (κ2) is 4.96. The van der Waals surface area contributed by atoms with Crippen LogP contribution < -0.4 is 0 Å². The minimum atomic E-state index is -1.24. The summed E-state index contributed by atoms with van der Waals surface area (Å²) >= 11 is 0. The van der Waals surface area contributed by atoms with Gasteiger partial charge in [0.25, 0.3) is 0 Å². The molecule has 120 valence electrons. The molecule has 3 nitrogen and oxygen atoms in total. The van der Waals surface area contributed by atoms with Gasteiger partial charge in [-0.3, -0.25) is 14.4 Å². The van der Waals surface area contributed by atoms with Crippen LogP contribution in [0.2, 0.25) is 0 Å². The lowest BCUT2D eigenvalue weighted by Gasteiger charge is -2.11. The zero-order chi connectivity index (χ0) is 17.1. The fourth-order valence-corrected chi connectivity index (χ4v) is 4.20. The lowest BCUT2D eigenvalue weighted by atomic mass is 9.89. The van der Waals surface area contributed by atoms with Crippen LogP contribution in [0.15, 0.2) is 54.6 Å². The Morgan fingerprint density at radius 2 is 1.40 bits per heavy atom. The summed E-state index contributed by atoms with van der Waals surface area (Å²) in [6, 6.07) is 16.4. The van der Waals surface area contributed by atoms with Crippen LogP contribution in [-0.2, 0) is 12.8 Å². The van der Waals surface area contributed by atoms with Gasteiger partial charge in [-0.15, -0.1) is 0 Å². The van der Waals surface area contributed by atoms with Crippen molar-refractivity contribution in [3.05, 3.63) is 82.4 Å². The minimum absolute atomic E-state index is 0.358. The maximum Gasteiger partial charge on any atom is 0.182 e. The first kappa shape index (κ1) is 14.3. The molecule has 0 unspecified atom stereocenters. The average Bonchev–Trinajstić information content (AvgIpc) is 3.17. The Bertz CT molecular complexity index is 1060. The number of fused-ring (bicyclic) bond motifs is 1. The van der Waals surface area contributed by atoms with Crippen LogP contribution in [0.1, 0.15) is 42.2 Å². The highest BCUT2D eigenvalue weighted by molar-refractivity contribution is 6.39. The molecule has 25 heavy (non-hydrogen) atoms. The van der Waals surface area contributed by atoms with Crippen LogP contribution >= 0.6 is 0 Å². The summed E-state index contributed by atoms with van der Waals surface area (Å²) in [5.41, 5.74) is 3.65. The highest BCUT2D eigenvalue weighted by Gasteiger charge is 2.43. The van der Waals surface area contributed by atoms with Gasteiger partial charge in [0.2, 0.25) is 0 Å². The highest BCUT2D eigenvalue weighted by Crippen LogP contribution is 2.35. The Morgan fingerprint density at radius 3 is 2.08 bits per heavy atom. The van der Waals surface area contributed by atoms with Gasteiger partial charge in [-0.2, -0.15) is 0 Å². The second-order valence-corrected chi connectivity index (χ2v) is 6.68. The zero-order valence-corrected chi connectivity index (χ0v) is 13.4. The molecular formula is C22H14O3. The molecule has 0 aromatic heterocycles. The van der Waals surface area contributed by atoms with E-state index in [9.17, 15) is 14.4 Å². The number of ketones is 3. The van der Waals surface area contributed by atoms with Gasteiger partial charge < -0.3 is 0 Å². The summed E-state index contributed by atoms with van der Waals surface area (Å²) in [5.74, 6) is -2.39. The molecule has 0 aliphatic heterocycles. The number of rotatable bonds is 2. The zero-order valence-electron chi connectivity index (χ0n) is 13.4. The number of carbonyl (C=O) groups is 3. The van der Waals surface area contributed by atoms with Gasteiger partial charge >= 0.3 is 0 Å². The van der Waals surface area contributed by atoms with Crippen molar-refractivity contribution in [2.45, 2.75) is 12.8 Å². The molecule has 0 N–H and O–H groups in total. The average molecular weight is 326 g/mol. The molecule has 3 heteroatoms. The van der Waals surface area contributed by atoms with Crippen LogP contribution in [0.5, 0.6) is 0 Å². The molecular weight excluding hydrogens is 312 g/mol. The summed E-state index contributed by atoms with van der Waals surface area (Å²) < 4.78 is 0. The first-order valence-corrected chi connectivity index (χ1v) is 8.42. The van der Waals surface area contributed by atoms with Crippen LogP contribution in [0, 0.1) is 5.92 Å². The second-order valence-electron chi connectivity index (χ2n) is 6.68. The van der Waals surface area contributed by atoms with Crippen LogP contribution in [-0.4, -0.2) is 17.3 Å². The fourth-order valence-electron chi connectivity index (χ4n) is 4.20. The molecule has 0 heterocycles. The van der Waals surface area contributed by atoms with Gasteiger partial charge in [-0.05, 0) is 34.7 Å². The van der Waals surface area contributed by atoms with E-state index < -0.39 is 5.92 Å². The molecule has 0 atom stereocenters. The van der Waals surface area contributed by atoms with E-state index in [1.807, 2.05) is 18.2 Å². The molecule has 3 aromatic carbocycles. The van der Waals surface area contributed by atoms with Crippen LogP contribution in [0.4, 0.5) is 0 Å². The molecule has 0 bridgehead atoms. The molecule has 5 rings (SSSR count). The topological polar surface area (TPSA) is 51.2 Å². The molecule has 0 saturated heterocycles. The van der Waals surface area contributed by atoms with Gasteiger partial charge in [-0.25, -0.2) is 0 Å². The van der Waals surface area contributed by atoms with E-state index in [2.05, 4.69) is 6.07 Å². The SMILES string of the molecule is O=C1c2ccccc2C(=O)C1C(=O)c1ccc2c3c(cccc13)CC2. The first-order chi connectivity index (χ1) is 12.2. The van der Waals surface area contributed by atoms with Crippen molar-refractivity contribution in [3.8, 4) is 0 Å². The smallest absolute Gasteiger partial charge is 0.182 e. The summed E-state index contributed by atoms with van der Waals surface area (Å²) in [7, 11) is 0. The van der Waals surface area contributed by atoms with Gasteiger partial charge in [-0.1, -0.05) is 54.6 Å². The molecule has 0 amide bonds. The van der Waals surface area contributed by atoms with E-state index in [0.29, 0.717) is 16.7 Å². The molecule has 2 aliphatic carbocycles. The van der Waals surface area contributed by atoms with Crippen molar-refractivity contribution in [1.82, 2.24) is 0 Å². The molecule has 2 aliphatic rings. The van der Waals surface area contributed by atoms with Crippen molar-refractivity contribution in [2.75, 3.05) is 0 Å². The van der Waals surface area contributed by atoms with E-state index in [1.165, 1.54) is 11.1 Å². The third kappa shape index (κ3) is 1.84. The lowest BCUT2D eigenvalue weighted by Crippen LogP contribution is -2.26. The Morgan fingerprint density at radius 1 is 0.760 bits per heavy atom. The Hall–Kier alpha value is -3.07. The van der Waals surface area contributed by atoms with Gasteiger partial charge in [0.15, 0.2) is 17.3 Å². The Balaban J connectivity index is 1.67. The van der Waals surface area contributed by atoms with Crippen LogP contribution in [0.3, 0.4) is 0 Å². The summed E-state index contributed by atoms with van der Waals surface area (Å²) in [4.78, 5) is 38.5. The van der Waals surface area contributed by atoms with Crippen molar-refractivity contribution >= 4 is 28.1 Å². The molecule has 3 aromatic rings. The van der Waals surface area contributed by atoms with Gasteiger partial charge in [0.1, 0.15) is 5.92 Å². The van der Waals surface area contributed by atoms with Crippen LogP contribution in [0.25, 0.3) is 10.8 Å². The largest absolute Gasteiger partial charge is 0.293 e. The molecule has 0 fully saturated rings. The Labute approximate surface area is 144 Å². The van der Waals surface area contributed by atoms with Crippen molar-refractivity contribution < 1.29 is 14.4 Å². The maximum atomic E-state index is 13.2. The van der Waals surface area contributed by atoms with E-state index >= 15 is 0 Å². The Kier molecular flexibility index (Phi) is 2.84. The number of benzene rings is 3. The third-order valence-corrected chi connectivity index (χ3v) is 5.39. The number of hydrogen-bond donors (Lipinski definition) is 0. The standard InChI is InChI=1S/C22H14O3/c23-20-15-5-1-2-6-16(15)21(24)19(20)22(25)17-11-10-13-9-8-12-4-3-7-14(17)18(12)13/h1-7,10-11,19H,8-9H2. The number of carbonyl (C=O) groups excluding carboxylic acids is 3. The van der Waals surface area contributed by atoms with Gasteiger partial charge in [0, 0.05) is 16.7 Å². The monoisotopic (exact) mass is 326 g/mol. The van der Waals surface area contributed by atoms with Crippen molar-refractivity contribution in [1.29, 1.82) is 0 Å². The first-order valence-electron chi connectivity index (χ1n) is 8.42. The summed E-state index contributed by atoms with van der Waals surface area (Å²) in [5, 5.41) is 1.97. The molecule has 0 spiro atoms. The summed E-state index contributed by atoms with van der Waals surface area (Å²) in [6.45, 7) is 0. The van der Waals surface area contributed by atoms with E-state index in [0.717, 1.165) is 23.6 Å². The lowest BCUT2D eigenvalue weighted by molar-refractivity contribution is 0.0757. The fraction of sp³-hybridized carbons (Fsp3) is 0.136. The maximum absolute atomic E-state index is 13.2. The van der Waals surface area contributed by atoms with E-state index in [1.54, 1.807) is 30.3 Å². The normalized spacial score (nSPS) is 15.8. The predicted molar refractivity (Wildman–Crippen MR) is 94.3 cm³/mol. The highest BCUT2D eigenvalue weighted by atomic mass is 16.2. The van der Waals surface area contributed by atoms with Crippen molar-refractivity contribution in [3.63, 3.8) is 0 Å². The number of aryl methyl sites for hydroxylation is 2. The number of Topliss-reactive ketones (excluding diaryl/α,β-unsaturated/α-hetero) is 3. The summed E-state index contributed by atoms with van der Waals surface area (Å²) in [6.07, 6.45) is 1.94. The molecule has 0 radical (unpaired) electrons. The van der Waals surface area contributed by atoms with Gasteiger partial charge in [0.05, 0.1) is 0 Å². The molecule has 0 saturated carbocycles. The third-order valence-electron chi connectivity index (χ3n) is 5.39. The predicted octanol–water partition coefficient (Wildman–Crippen LogP) is 3.82. The van der Waals surface area contributed by atoms with E-state index in [4.69, 9.17) is 0 Å². The van der Waals surface area contributed by atoms with E-state index in [-0.39, 0.29) is 17.3 Å². The number of hydrogen-bond acceptors (Lipinski definition) is 3. The van der Waals surface area contributed by atoms with Crippen molar-refractivity contribution in [2.24, 2.45) is 5.92 Å².